The molecule has 0 saturated heterocycles. The molecule has 0 aliphatic heterocycles. The first kappa shape index (κ1) is 17.7. The molecule has 0 aliphatic rings. The molecule has 0 amide bonds. The normalized spacial score (nSPS) is 12.0. The highest BCUT2D eigenvalue weighted by Gasteiger charge is 2.11. The molecular formula is C20H31N. The lowest BCUT2D eigenvalue weighted by atomic mass is 9.87. The predicted octanol–water partition coefficient (Wildman–Crippen LogP) is 6.52. The van der Waals surface area contributed by atoms with Crippen LogP contribution >= 0.6 is 0 Å². The zero-order valence-electron chi connectivity index (χ0n) is 14.2. The van der Waals surface area contributed by atoms with Gasteiger partial charge in [-0.15, -0.1) is 0 Å². The summed E-state index contributed by atoms with van der Waals surface area (Å²) in [7, 11) is 0. The number of rotatable bonds is 9. The predicted molar refractivity (Wildman–Crippen MR) is 96.2 cm³/mol. The van der Waals surface area contributed by atoms with Gasteiger partial charge in [-0.3, -0.25) is 4.99 Å². The van der Waals surface area contributed by atoms with Gasteiger partial charge in [0.1, 0.15) is 0 Å². The molecule has 0 fully saturated rings. The fourth-order valence-corrected chi connectivity index (χ4v) is 2.68. The number of nitrogens with zero attached hydrogens (tertiary/aromatic N) is 1. The Hall–Kier alpha value is -1.37. The summed E-state index contributed by atoms with van der Waals surface area (Å²) in [6.07, 6.45) is 13.7. The van der Waals surface area contributed by atoms with E-state index >= 15 is 0 Å². The highest BCUT2D eigenvalue weighted by atomic mass is 14.6. The minimum Gasteiger partial charge on any atom is -0.269 e. The zero-order valence-corrected chi connectivity index (χ0v) is 14.2. The number of aliphatic imine (C=N–C) groups is 1. The quantitative estimate of drug-likeness (QED) is 0.458. The molecule has 0 N–H and O–H groups in total. The molecule has 0 aliphatic carbocycles. The van der Waals surface area contributed by atoms with Crippen LogP contribution in [0.4, 0.5) is 0 Å². The first-order chi connectivity index (χ1) is 10.2. The van der Waals surface area contributed by atoms with Gasteiger partial charge in [0, 0.05) is 12.4 Å². The fraction of sp³-hybridized carbons (Fsp3) is 0.550. The van der Waals surface area contributed by atoms with Crippen LogP contribution in [0.25, 0.3) is 6.08 Å². The van der Waals surface area contributed by atoms with Crippen molar-refractivity contribution in [2.75, 3.05) is 0 Å². The van der Waals surface area contributed by atoms with E-state index in [9.17, 15) is 0 Å². The second kappa shape index (κ2) is 10.4. The van der Waals surface area contributed by atoms with Gasteiger partial charge >= 0.3 is 0 Å². The lowest BCUT2D eigenvalue weighted by molar-refractivity contribution is 0.525. The molecule has 0 heterocycles. The van der Waals surface area contributed by atoms with Crippen LogP contribution in [0.5, 0.6) is 0 Å². The lowest BCUT2D eigenvalue weighted by Gasteiger charge is -2.18. The highest BCUT2D eigenvalue weighted by Crippen LogP contribution is 2.29. The van der Waals surface area contributed by atoms with E-state index in [2.05, 4.69) is 50.0 Å². The molecule has 0 bridgehead atoms. The summed E-state index contributed by atoms with van der Waals surface area (Å²) < 4.78 is 0. The van der Waals surface area contributed by atoms with Gasteiger partial charge in [0.15, 0.2) is 0 Å². The number of unbranched alkanes of at least 4 members (excludes halogenated alkanes) is 2. The Balaban J connectivity index is 2.93. The summed E-state index contributed by atoms with van der Waals surface area (Å²) in [6, 6.07) is 6.95. The monoisotopic (exact) mass is 285 g/mol. The maximum atomic E-state index is 4.18. The molecule has 21 heavy (non-hydrogen) atoms. The van der Waals surface area contributed by atoms with Crippen molar-refractivity contribution in [3.63, 3.8) is 0 Å². The van der Waals surface area contributed by atoms with Crippen molar-refractivity contribution < 1.29 is 0 Å². The SMILES string of the molecule is CC=N/C=C\c1cc(C(CCCC)CCCC)ccc1C. The second-order valence-electron chi connectivity index (χ2n) is 5.82. The number of hydrogen-bond donors (Lipinski definition) is 0. The van der Waals surface area contributed by atoms with Crippen LogP contribution in [0, 0.1) is 6.92 Å². The second-order valence-corrected chi connectivity index (χ2v) is 5.82. The molecule has 0 unspecified atom stereocenters. The summed E-state index contributed by atoms with van der Waals surface area (Å²) in [5, 5.41) is 0. The first-order valence-corrected chi connectivity index (χ1v) is 8.47. The maximum absolute atomic E-state index is 4.18. The minimum atomic E-state index is 0.715. The van der Waals surface area contributed by atoms with Crippen LogP contribution in [-0.4, -0.2) is 6.21 Å². The van der Waals surface area contributed by atoms with Crippen molar-refractivity contribution in [2.45, 2.75) is 72.1 Å². The Labute approximate surface area is 131 Å². The van der Waals surface area contributed by atoms with E-state index in [0.717, 1.165) is 0 Å². The van der Waals surface area contributed by atoms with Gasteiger partial charge in [0.2, 0.25) is 0 Å². The van der Waals surface area contributed by atoms with E-state index in [1.54, 1.807) is 0 Å². The number of aryl methyl sites for hydroxylation is 1. The first-order valence-electron chi connectivity index (χ1n) is 8.47. The van der Waals surface area contributed by atoms with Crippen molar-refractivity contribution in [3.8, 4) is 0 Å². The summed E-state index contributed by atoms with van der Waals surface area (Å²) in [4.78, 5) is 4.18. The molecule has 1 aromatic rings. The van der Waals surface area contributed by atoms with Crippen LogP contribution in [0.1, 0.15) is 81.9 Å². The Bertz CT molecular complexity index is 449. The van der Waals surface area contributed by atoms with Gasteiger partial charge in [-0.1, -0.05) is 57.7 Å². The molecule has 116 valence electrons. The van der Waals surface area contributed by atoms with Crippen LogP contribution < -0.4 is 0 Å². The van der Waals surface area contributed by atoms with Gasteiger partial charge in [-0.2, -0.15) is 0 Å². The van der Waals surface area contributed by atoms with E-state index in [1.807, 2.05) is 19.3 Å². The molecule has 1 aromatic carbocycles. The number of benzene rings is 1. The zero-order chi connectivity index (χ0) is 15.5. The van der Waals surface area contributed by atoms with Gasteiger partial charge in [-0.25, -0.2) is 0 Å². The molecule has 0 spiro atoms. The van der Waals surface area contributed by atoms with Crippen molar-refractivity contribution in [1.82, 2.24) is 0 Å². The lowest BCUT2D eigenvalue weighted by Crippen LogP contribution is -2.00. The molecular weight excluding hydrogens is 254 g/mol. The molecule has 0 aromatic heterocycles. The molecule has 0 saturated carbocycles. The molecule has 1 heteroatoms. The maximum Gasteiger partial charge on any atom is 0.0269 e. The minimum absolute atomic E-state index is 0.715. The third kappa shape index (κ3) is 6.29. The molecule has 1 nitrogen and oxygen atoms in total. The van der Waals surface area contributed by atoms with Gasteiger partial charge in [0.05, 0.1) is 0 Å². The van der Waals surface area contributed by atoms with Crippen LogP contribution in [0.2, 0.25) is 0 Å². The third-order valence-electron chi connectivity index (χ3n) is 4.08. The van der Waals surface area contributed by atoms with E-state index in [4.69, 9.17) is 0 Å². The molecule has 1 rings (SSSR count). The average Bonchev–Trinajstić information content (AvgIpc) is 2.50. The van der Waals surface area contributed by atoms with E-state index < -0.39 is 0 Å². The van der Waals surface area contributed by atoms with Crippen LogP contribution in [0.15, 0.2) is 29.4 Å². The fourth-order valence-electron chi connectivity index (χ4n) is 2.68. The average molecular weight is 285 g/mol. The Morgan fingerprint density at radius 3 is 2.33 bits per heavy atom. The van der Waals surface area contributed by atoms with Crippen molar-refractivity contribution >= 4 is 12.3 Å². The standard InChI is InChI=1S/C20H31N/c1-5-8-10-18(11-9-6-2)20-13-12-17(4)19(16-20)14-15-21-7-3/h7,12-16,18H,5-6,8-11H2,1-4H3/b15-14-,21-7?. The molecule has 0 radical (unpaired) electrons. The Morgan fingerprint density at radius 1 is 1.10 bits per heavy atom. The smallest absolute Gasteiger partial charge is 0.0269 e. The van der Waals surface area contributed by atoms with Crippen molar-refractivity contribution in [2.24, 2.45) is 4.99 Å². The third-order valence-corrected chi connectivity index (χ3v) is 4.08. The molecule has 0 atom stereocenters. The number of hydrogen-bond acceptors (Lipinski definition) is 1. The van der Waals surface area contributed by atoms with Crippen LogP contribution in [0.3, 0.4) is 0 Å². The van der Waals surface area contributed by atoms with Crippen molar-refractivity contribution in [1.29, 1.82) is 0 Å². The van der Waals surface area contributed by atoms with E-state index in [1.165, 1.54) is 55.2 Å². The topological polar surface area (TPSA) is 12.4 Å². The van der Waals surface area contributed by atoms with Crippen LogP contribution in [-0.2, 0) is 0 Å². The van der Waals surface area contributed by atoms with Crippen molar-refractivity contribution in [3.05, 3.63) is 41.1 Å². The van der Waals surface area contributed by atoms with E-state index in [-0.39, 0.29) is 0 Å². The summed E-state index contributed by atoms with van der Waals surface area (Å²) in [6.45, 7) is 8.68. The summed E-state index contributed by atoms with van der Waals surface area (Å²) in [5.74, 6) is 0.715. The Kier molecular flexibility index (Phi) is 8.73. The highest BCUT2D eigenvalue weighted by molar-refractivity contribution is 5.59. The van der Waals surface area contributed by atoms with Gasteiger partial charge in [0.25, 0.3) is 0 Å². The summed E-state index contributed by atoms with van der Waals surface area (Å²) in [5.41, 5.74) is 4.13. The van der Waals surface area contributed by atoms with Gasteiger partial charge < -0.3 is 0 Å². The largest absolute Gasteiger partial charge is 0.269 e. The van der Waals surface area contributed by atoms with Gasteiger partial charge in [-0.05, 0) is 55.4 Å². The van der Waals surface area contributed by atoms with E-state index in [0.29, 0.717) is 5.92 Å². The summed E-state index contributed by atoms with van der Waals surface area (Å²) >= 11 is 0. The Morgan fingerprint density at radius 2 is 1.76 bits per heavy atom.